The maximum atomic E-state index is 12.6. The number of ketones is 1. The predicted octanol–water partition coefficient (Wildman–Crippen LogP) is 4.06. The lowest BCUT2D eigenvalue weighted by Crippen LogP contribution is -2.07. The summed E-state index contributed by atoms with van der Waals surface area (Å²) in [5, 5.41) is 19.8. The number of benzene rings is 1. The molecule has 4 rings (SSSR count). The van der Waals surface area contributed by atoms with Crippen molar-refractivity contribution in [3.63, 3.8) is 0 Å². The number of ether oxygens (including phenoxy) is 1. The zero-order chi connectivity index (χ0) is 24.9. The van der Waals surface area contributed by atoms with E-state index in [0.717, 1.165) is 0 Å². The number of Topliss-reactive ketones (excluding diaryl/α,β-unsaturated/α-hetero) is 1. The Hall–Kier alpha value is -4.80. The molecule has 4 aromatic rings. The molecule has 11 nitrogen and oxygen atoms in total. The largest absolute Gasteiger partial charge is 0.494 e. The zero-order valence-corrected chi connectivity index (χ0v) is 19.3. The van der Waals surface area contributed by atoms with Crippen molar-refractivity contribution in [2.45, 2.75) is 13.3 Å². The van der Waals surface area contributed by atoms with E-state index in [-0.39, 0.29) is 11.3 Å². The summed E-state index contributed by atoms with van der Waals surface area (Å²) in [4.78, 5) is 36.7. The van der Waals surface area contributed by atoms with Gasteiger partial charge < -0.3 is 20.5 Å². The maximum Gasteiger partial charge on any atom is 0.335 e. The lowest BCUT2D eigenvalue weighted by Gasteiger charge is -2.17. The number of rotatable bonds is 9. The summed E-state index contributed by atoms with van der Waals surface area (Å²) in [6.45, 7) is 1.77. The van der Waals surface area contributed by atoms with Gasteiger partial charge in [-0.2, -0.15) is 5.10 Å². The van der Waals surface area contributed by atoms with Gasteiger partial charge in [0.05, 0.1) is 35.2 Å². The number of nitrogens with one attached hydrogen (secondary N) is 2. The third-order valence-corrected chi connectivity index (χ3v) is 5.12. The molecule has 0 saturated heterocycles. The van der Waals surface area contributed by atoms with Crippen LogP contribution in [0.5, 0.6) is 5.75 Å². The molecular formula is C24H23N7O4. The van der Waals surface area contributed by atoms with Crippen LogP contribution < -0.4 is 15.4 Å². The minimum Gasteiger partial charge on any atom is -0.494 e. The number of hydrogen-bond donors (Lipinski definition) is 3. The first-order valence-corrected chi connectivity index (χ1v) is 10.7. The van der Waals surface area contributed by atoms with Gasteiger partial charge in [0, 0.05) is 31.9 Å². The number of methoxy groups -OCH3 is 1. The fourth-order valence-electron chi connectivity index (χ4n) is 3.44. The van der Waals surface area contributed by atoms with Crippen molar-refractivity contribution in [3.8, 4) is 17.1 Å². The molecule has 1 aromatic carbocycles. The monoisotopic (exact) mass is 473 g/mol. The summed E-state index contributed by atoms with van der Waals surface area (Å²) < 4.78 is 7.27. The van der Waals surface area contributed by atoms with Crippen molar-refractivity contribution in [1.29, 1.82) is 0 Å². The van der Waals surface area contributed by atoms with E-state index in [4.69, 9.17) is 4.74 Å². The van der Waals surface area contributed by atoms with Gasteiger partial charge in [0.2, 0.25) is 0 Å². The number of pyridine rings is 2. The zero-order valence-electron chi connectivity index (χ0n) is 19.3. The van der Waals surface area contributed by atoms with E-state index in [1.807, 2.05) is 18.2 Å². The molecule has 3 N–H and O–H groups in total. The summed E-state index contributed by atoms with van der Waals surface area (Å²) >= 11 is 0. The van der Waals surface area contributed by atoms with Crippen LogP contribution in [0.25, 0.3) is 11.4 Å². The lowest BCUT2D eigenvalue weighted by atomic mass is 10.1. The van der Waals surface area contributed by atoms with Gasteiger partial charge in [0.1, 0.15) is 18.0 Å². The maximum absolute atomic E-state index is 12.6. The number of aromatic nitrogens is 5. The molecule has 178 valence electrons. The normalized spacial score (nSPS) is 10.6. The van der Waals surface area contributed by atoms with Crippen LogP contribution in [0.2, 0.25) is 0 Å². The molecule has 3 aromatic heterocycles. The topological polar surface area (TPSA) is 144 Å². The molecule has 0 aliphatic carbocycles. The highest BCUT2D eigenvalue weighted by molar-refractivity contribution is 6.02. The first kappa shape index (κ1) is 23.4. The summed E-state index contributed by atoms with van der Waals surface area (Å²) in [7, 11) is 3.33. The number of carboxylic acids is 1. The Balaban J connectivity index is 1.72. The molecule has 35 heavy (non-hydrogen) atoms. The lowest BCUT2D eigenvalue weighted by molar-refractivity contribution is 0.0696. The van der Waals surface area contributed by atoms with Gasteiger partial charge in [0.25, 0.3) is 0 Å². The van der Waals surface area contributed by atoms with Crippen LogP contribution in [0, 0.1) is 0 Å². The summed E-state index contributed by atoms with van der Waals surface area (Å²) in [5.41, 5.74) is 2.26. The SMILES string of the molecule is CCC(=O)c1cnc(Nc2cc(C(=O)O)ccn2)cc1Nc1cccc(-c2ncn(C)n2)c1OC. The number of carbonyl (C=O) groups excluding carboxylic acids is 1. The Morgan fingerprint density at radius 3 is 2.54 bits per heavy atom. The molecule has 0 aliphatic heterocycles. The molecule has 0 unspecified atom stereocenters. The number of nitrogens with zero attached hydrogens (tertiary/aromatic N) is 5. The van der Waals surface area contributed by atoms with Crippen LogP contribution in [0.4, 0.5) is 23.0 Å². The molecule has 0 spiro atoms. The highest BCUT2D eigenvalue weighted by atomic mass is 16.5. The average Bonchev–Trinajstić information content (AvgIpc) is 3.30. The van der Waals surface area contributed by atoms with Gasteiger partial charge in [0.15, 0.2) is 17.4 Å². The van der Waals surface area contributed by atoms with Gasteiger partial charge in [-0.1, -0.05) is 13.0 Å². The van der Waals surface area contributed by atoms with E-state index >= 15 is 0 Å². The van der Waals surface area contributed by atoms with E-state index in [2.05, 4.69) is 30.7 Å². The second-order valence-electron chi connectivity index (χ2n) is 7.50. The molecule has 0 amide bonds. The third kappa shape index (κ3) is 5.08. The summed E-state index contributed by atoms with van der Waals surface area (Å²) in [5.74, 6) is 0.522. The minimum absolute atomic E-state index is 0.0864. The second-order valence-corrected chi connectivity index (χ2v) is 7.50. The molecule has 3 heterocycles. The molecule has 0 atom stereocenters. The van der Waals surface area contributed by atoms with Crippen LogP contribution in [0.1, 0.15) is 34.1 Å². The highest BCUT2D eigenvalue weighted by Gasteiger charge is 2.18. The standard InChI is InChI=1S/C24H23N7O4/c1-4-19(32)16-12-26-21(29-20-10-14(24(33)34)8-9-25-20)11-18(16)28-17-7-5-6-15(22(17)35-3)23-27-13-31(2)30-23/h5-13H,4H2,1-3H3,(H,33,34)(H2,25,26,28,29). The third-order valence-electron chi connectivity index (χ3n) is 5.12. The van der Waals surface area contributed by atoms with Crippen molar-refractivity contribution < 1.29 is 19.4 Å². The summed E-state index contributed by atoms with van der Waals surface area (Å²) in [6.07, 6.45) is 4.75. The quantitative estimate of drug-likeness (QED) is 0.304. The fraction of sp³-hybridized carbons (Fsp3) is 0.167. The van der Waals surface area contributed by atoms with Crippen molar-refractivity contribution in [2.75, 3.05) is 17.7 Å². The van der Waals surface area contributed by atoms with E-state index in [1.54, 1.807) is 38.2 Å². The number of aryl methyl sites for hydroxylation is 1. The van der Waals surface area contributed by atoms with E-state index in [0.29, 0.717) is 52.1 Å². The van der Waals surface area contributed by atoms with Crippen LogP contribution in [-0.2, 0) is 7.05 Å². The van der Waals surface area contributed by atoms with Crippen LogP contribution in [0.3, 0.4) is 0 Å². The highest BCUT2D eigenvalue weighted by Crippen LogP contribution is 2.37. The van der Waals surface area contributed by atoms with Crippen molar-refractivity contribution >= 4 is 34.8 Å². The molecule has 0 saturated carbocycles. The van der Waals surface area contributed by atoms with Gasteiger partial charge in [-0.25, -0.2) is 19.7 Å². The number of carboxylic acid groups (broad SMARTS) is 1. The number of anilines is 4. The minimum atomic E-state index is -1.07. The average molecular weight is 473 g/mol. The number of para-hydroxylation sites is 1. The van der Waals surface area contributed by atoms with Gasteiger partial charge >= 0.3 is 5.97 Å². The molecule has 0 bridgehead atoms. The van der Waals surface area contributed by atoms with E-state index in [1.165, 1.54) is 24.5 Å². The van der Waals surface area contributed by atoms with Gasteiger partial charge in [-0.05, 0) is 24.3 Å². The van der Waals surface area contributed by atoms with E-state index < -0.39 is 5.97 Å². The number of hydrogen-bond acceptors (Lipinski definition) is 9. The molecule has 0 radical (unpaired) electrons. The van der Waals surface area contributed by atoms with Crippen molar-refractivity contribution in [1.82, 2.24) is 24.7 Å². The van der Waals surface area contributed by atoms with Crippen LogP contribution in [0.15, 0.2) is 55.1 Å². The van der Waals surface area contributed by atoms with Crippen molar-refractivity contribution in [3.05, 3.63) is 66.2 Å². The number of aromatic carboxylic acids is 1. The van der Waals surface area contributed by atoms with E-state index in [9.17, 15) is 14.7 Å². The Kier molecular flexibility index (Phi) is 6.67. The predicted molar refractivity (Wildman–Crippen MR) is 130 cm³/mol. The molecule has 0 aliphatic rings. The smallest absolute Gasteiger partial charge is 0.335 e. The van der Waals surface area contributed by atoms with Gasteiger partial charge in [-0.15, -0.1) is 0 Å². The Morgan fingerprint density at radius 2 is 1.86 bits per heavy atom. The molecular weight excluding hydrogens is 450 g/mol. The first-order valence-electron chi connectivity index (χ1n) is 10.7. The van der Waals surface area contributed by atoms with Crippen molar-refractivity contribution in [2.24, 2.45) is 7.05 Å². The second kappa shape index (κ2) is 10.00. The molecule has 11 heteroatoms. The first-order chi connectivity index (χ1) is 16.9. The Morgan fingerprint density at radius 1 is 1.06 bits per heavy atom. The summed E-state index contributed by atoms with van der Waals surface area (Å²) in [6, 6.07) is 9.94. The van der Waals surface area contributed by atoms with Gasteiger partial charge in [-0.3, -0.25) is 9.48 Å². The van der Waals surface area contributed by atoms with Crippen LogP contribution in [-0.4, -0.2) is 48.7 Å². The Labute approximate surface area is 200 Å². The van der Waals surface area contributed by atoms with Crippen LogP contribution >= 0.6 is 0 Å². The Bertz CT molecular complexity index is 1400. The molecule has 0 fully saturated rings. The number of carbonyl (C=O) groups is 2. The fourth-order valence-corrected chi connectivity index (χ4v) is 3.44.